The lowest BCUT2D eigenvalue weighted by Crippen LogP contribution is -2.07. The average molecular weight is 412 g/mol. The highest BCUT2D eigenvalue weighted by Gasteiger charge is 2.31. The molecule has 4 rings (SSSR count). The Hall–Kier alpha value is -2.87. The number of rotatable bonds is 7. The molecule has 2 aromatic carbocycles. The standard InChI is InChI=1S/C21H21FN4O2S/c1-13(27)23-16-4-3-5-17(11-16)26-20(15-7-8-15)24-25-21(26)29-12-14-6-9-19(28-2)18(22)10-14/h3-6,9-11,15H,7-8,12H2,1-2H3,(H,23,27). The molecule has 1 amide bonds. The Labute approximate surface area is 172 Å². The third-order valence-electron chi connectivity index (χ3n) is 4.61. The van der Waals surface area contributed by atoms with Crippen LogP contribution in [0, 0.1) is 5.82 Å². The Kier molecular flexibility index (Phi) is 5.53. The van der Waals surface area contributed by atoms with E-state index in [9.17, 15) is 9.18 Å². The van der Waals surface area contributed by atoms with Gasteiger partial charge in [0.05, 0.1) is 12.8 Å². The topological polar surface area (TPSA) is 69.0 Å². The molecule has 8 heteroatoms. The molecule has 3 aromatic rings. The van der Waals surface area contributed by atoms with Crippen molar-refractivity contribution in [1.29, 1.82) is 0 Å². The van der Waals surface area contributed by atoms with Crippen molar-refractivity contribution in [3.05, 3.63) is 59.7 Å². The fourth-order valence-corrected chi connectivity index (χ4v) is 4.00. The number of benzene rings is 2. The summed E-state index contributed by atoms with van der Waals surface area (Å²) < 4.78 is 21.0. The van der Waals surface area contributed by atoms with Crippen LogP contribution in [0.2, 0.25) is 0 Å². The lowest BCUT2D eigenvalue weighted by atomic mass is 10.2. The maximum absolute atomic E-state index is 14.0. The van der Waals surface area contributed by atoms with Crippen molar-refractivity contribution < 1.29 is 13.9 Å². The highest BCUT2D eigenvalue weighted by Crippen LogP contribution is 2.41. The first-order valence-electron chi connectivity index (χ1n) is 9.33. The van der Waals surface area contributed by atoms with E-state index in [-0.39, 0.29) is 17.5 Å². The third kappa shape index (κ3) is 4.42. The van der Waals surface area contributed by atoms with Gasteiger partial charge in [-0.15, -0.1) is 10.2 Å². The number of carbonyl (C=O) groups excluding carboxylic acids is 1. The molecule has 0 spiro atoms. The molecule has 0 atom stereocenters. The zero-order valence-electron chi connectivity index (χ0n) is 16.2. The minimum Gasteiger partial charge on any atom is -0.494 e. The van der Waals surface area contributed by atoms with Gasteiger partial charge in [-0.2, -0.15) is 0 Å². The van der Waals surface area contributed by atoms with Gasteiger partial charge in [-0.3, -0.25) is 9.36 Å². The number of hydrogen-bond acceptors (Lipinski definition) is 5. The number of thioether (sulfide) groups is 1. The molecule has 0 saturated heterocycles. The van der Waals surface area contributed by atoms with E-state index in [2.05, 4.69) is 15.5 Å². The van der Waals surface area contributed by atoms with Gasteiger partial charge in [-0.25, -0.2) is 4.39 Å². The largest absolute Gasteiger partial charge is 0.494 e. The Morgan fingerprint density at radius 1 is 1.28 bits per heavy atom. The van der Waals surface area contributed by atoms with Crippen molar-refractivity contribution in [2.75, 3.05) is 12.4 Å². The van der Waals surface area contributed by atoms with Crippen molar-refractivity contribution in [3.63, 3.8) is 0 Å². The molecule has 0 aliphatic heterocycles. The van der Waals surface area contributed by atoms with Crippen LogP contribution in [-0.4, -0.2) is 27.8 Å². The van der Waals surface area contributed by atoms with Gasteiger partial charge < -0.3 is 10.1 Å². The maximum atomic E-state index is 14.0. The summed E-state index contributed by atoms with van der Waals surface area (Å²) in [6.45, 7) is 1.48. The second-order valence-corrected chi connectivity index (χ2v) is 7.88. The third-order valence-corrected chi connectivity index (χ3v) is 5.61. The van der Waals surface area contributed by atoms with Gasteiger partial charge >= 0.3 is 0 Å². The molecule has 1 saturated carbocycles. The van der Waals surface area contributed by atoms with Gasteiger partial charge in [0.2, 0.25) is 5.91 Å². The monoisotopic (exact) mass is 412 g/mol. The van der Waals surface area contributed by atoms with Crippen LogP contribution in [-0.2, 0) is 10.5 Å². The van der Waals surface area contributed by atoms with Gasteiger partial charge in [0.1, 0.15) is 5.82 Å². The lowest BCUT2D eigenvalue weighted by molar-refractivity contribution is -0.114. The van der Waals surface area contributed by atoms with Crippen LogP contribution in [0.25, 0.3) is 5.69 Å². The Balaban J connectivity index is 1.62. The van der Waals surface area contributed by atoms with Gasteiger partial charge in [-0.1, -0.05) is 23.9 Å². The second kappa shape index (κ2) is 8.24. The van der Waals surface area contributed by atoms with E-state index < -0.39 is 0 Å². The molecule has 150 valence electrons. The van der Waals surface area contributed by atoms with E-state index in [0.29, 0.717) is 11.7 Å². The average Bonchev–Trinajstić information content (AvgIpc) is 3.45. The molecule has 29 heavy (non-hydrogen) atoms. The number of anilines is 1. The minimum absolute atomic E-state index is 0.121. The SMILES string of the molecule is COc1ccc(CSc2nnc(C3CC3)n2-c2cccc(NC(C)=O)c2)cc1F. The van der Waals surface area contributed by atoms with E-state index in [0.717, 1.165) is 40.8 Å². The molecule has 0 unspecified atom stereocenters. The van der Waals surface area contributed by atoms with Gasteiger partial charge in [0.25, 0.3) is 0 Å². The predicted molar refractivity (Wildman–Crippen MR) is 110 cm³/mol. The number of halogens is 1. The van der Waals surface area contributed by atoms with E-state index >= 15 is 0 Å². The number of nitrogens with one attached hydrogen (secondary N) is 1. The van der Waals surface area contributed by atoms with Gasteiger partial charge in [0.15, 0.2) is 16.7 Å². The van der Waals surface area contributed by atoms with Crippen molar-refractivity contribution in [2.45, 2.75) is 36.6 Å². The highest BCUT2D eigenvalue weighted by atomic mass is 32.2. The molecule has 0 radical (unpaired) electrons. The first-order valence-corrected chi connectivity index (χ1v) is 10.3. The quantitative estimate of drug-likeness (QED) is 0.577. The van der Waals surface area contributed by atoms with Crippen molar-refractivity contribution in [2.24, 2.45) is 0 Å². The number of ether oxygens (including phenoxy) is 1. The van der Waals surface area contributed by atoms with Crippen LogP contribution in [0.4, 0.5) is 10.1 Å². The van der Waals surface area contributed by atoms with Crippen LogP contribution in [0.3, 0.4) is 0 Å². The van der Waals surface area contributed by atoms with Crippen LogP contribution in [0.1, 0.15) is 37.1 Å². The van der Waals surface area contributed by atoms with Gasteiger partial charge in [-0.05, 0) is 48.7 Å². The minimum atomic E-state index is -0.381. The molecule has 1 aliphatic carbocycles. The summed E-state index contributed by atoms with van der Waals surface area (Å²) in [5, 5.41) is 12.4. The zero-order chi connectivity index (χ0) is 20.4. The first-order chi connectivity index (χ1) is 14.0. The zero-order valence-corrected chi connectivity index (χ0v) is 17.0. The van der Waals surface area contributed by atoms with E-state index in [1.807, 2.05) is 34.9 Å². The molecule has 1 fully saturated rings. The summed E-state index contributed by atoms with van der Waals surface area (Å²) in [5.74, 6) is 1.61. The molecular weight excluding hydrogens is 391 g/mol. The molecule has 1 heterocycles. The van der Waals surface area contributed by atoms with Crippen LogP contribution < -0.4 is 10.1 Å². The maximum Gasteiger partial charge on any atom is 0.221 e. The molecular formula is C21H21FN4O2S. The summed E-state index contributed by atoms with van der Waals surface area (Å²) in [5.41, 5.74) is 2.45. The fraction of sp³-hybridized carbons (Fsp3) is 0.286. The summed E-state index contributed by atoms with van der Waals surface area (Å²) in [6.07, 6.45) is 2.19. The fourth-order valence-electron chi connectivity index (χ4n) is 3.10. The number of hydrogen-bond donors (Lipinski definition) is 1. The smallest absolute Gasteiger partial charge is 0.221 e. The van der Waals surface area contributed by atoms with E-state index in [1.54, 1.807) is 6.07 Å². The van der Waals surface area contributed by atoms with Crippen LogP contribution in [0.15, 0.2) is 47.6 Å². The normalized spacial score (nSPS) is 13.3. The van der Waals surface area contributed by atoms with Crippen molar-refractivity contribution >= 4 is 23.4 Å². The first kappa shape index (κ1) is 19.4. The van der Waals surface area contributed by atoms with Crippen LogP contribution in [0.5, 0.6) is 5.75 Å². The molecule has 0 bridgehead atoms. The van der Waals surface area contributed by atoms with E-state index in [4.69, 9.17) is 4.74 Å². The highest BCUT2D eigenvalue weighted by molar-refractivity contribution is 7.98. The number of carbonyl (C=O) groups is 1. The summed E-state index contributed by atoms with van der Waals surface area (Å²) in [4.78, 5) is 11.4. The Morgan fingerprint density at radius 2 is 2.10 bits per heavy atom. The molecule has 1 N–H and O–H groups in total. The van der Waals surface area contributed by atoms with Crippen LogP contribution >= 0.6 is 11.8 Å². The van der Waals surface area contributed by atoms with Crippen molar-refractivity contribution in [1.82, 2.24) is 14.8 Å². The molecule has 6 nitrogen and oxygen atoms in total. The second-order valence-electron chi connectivity index (χ2n) is 6.94. The predicted octanol–water partition coefficient (Wildman–Crippen LogP) is 4.54. The summed E-state index contributed by atoms with van der Waals surface area (Å²) in [7, 11) is 1.45. The van der Waals surface area contributed by atoms with E-state index in [1.165, 1.54) is 31.9 Å². The number of methoxy groups -OCH3 is 1. The summed E-state index contributed by atoms with van der Waals surface area (Å²) in [6, 6.07) is 12.6. The van der Waals surface area contributed by atoms with Crippen molar-refractivity contribution in [3.8, 4) is 11.4 Å². The molecule has 1 aromatic heterocycles. The molecule has 1 aliphatic rings. The number of aromatic nitrogens is 3. The lowest BCUT2D eigenvalue weighted by Gasteiger charge is -2.12. The number of amides is 1. The Bertz CT molecular complexity index is 1050. The van der Waals surface area contributed by atoms with Gasteiger partial charge in [0, 0.05) is 24.3 Å². The Morgan fingerprint density at radius 3 is 2.79 bits per heavy atom. The summed E-state index contributed by atoms with van der Waals surface area (Å²) >= 11 is 1.50. The number of nitrogens with zero attached hydrogens (tertiary/aromatic N) is 3.